The van der Waals surface area contributed by atoms with Gasteiger partial charge >= 0.3 is 0 Å². The summed E-state index contributed by atoms with van der Waals surface area (Å²) in [6.45, 7) is 0. The highest BCUT2D eigenvalue weighted by atomic mass is 79.9. The van der Waals surface area contributed by atoms with Gasteiger partial charge in [0.2, 0.25) is 0 Å². The predicted molar refractivity (Wildman–Crippen MR) is 63.7 cm³/mol. The Morgan fingerprint density at radius 3 is 1.62 bits per heavy atom. The van der Waals surface area contributed by atoms with Crippen molar-refractivity contribution in [3.63, 3.8) is 0 Å². The Kier molecular flexibility index (Phi) is 4.06. The third-order valence-electron chi connectivity index (χ3n) is 1.32. The lowest BCUT2D eigenvalue weighted by Gasteiger charge is -2.10. The summed E-state index contributed by atoms with van der Waals surface area (Å²) in [4.78, 5) is 4.63. The average molecular weight is 441 g/mol. The van der Waals surface area contributed by atoms with Crippen molar-refractivity contribution >= 4 is 63.7 Å². The molecule has 0 fully saturated rings. The van der Waals surface area contributed by atoms with Crippen LogP contribution >= 0.6 is 63.7 Å². The van der Waals surface area contributed by atoms with Crippen LogP contribution in [-0.4, -0.2) is 5.11 Å². The first-order valence-corrected chi connectivity index (χ1v) is 6.09. The number of halogens is 4. The normalized spacial score (nSPS) is 10.2. The van der Waals surface area contributed by atoms with Crippen molar-refractivity contribution < 1.29 is 9.94 Å². The Bertz CT molecular complexity index is 326. The minimum atomic E-state index is 0.0690. The zero-order valence-electron chi connectivity index (χ0n) is 5.94. The minimum Gasteiger partial charge on any atom is -0.505 e. The van der Waals surface area contributed by atoms with Crippen LogP contribution in [0.15, 0.2) is 17.9 Å². The van der Waals surface area contributed by atoms with E-state index in [4.69, 9.17) is 5.90 Å². The Hall–Kier alpha value is 0.700. The maximum atomic E-state index is 9.54. The summed E-state index contributed by atoms with van der Waals surface area (Å²) in [5.74, 6) is 5.52. The molecule has 13 heavy (non-hydrogen) atoms. The topological polar surface area (TPSA) is 55.5 Å². The van der Waals surface area contributed by atoms with Crippen molar-refractivity contribution in [2.24, 2.45) is 5.90 Å². The van der Waals surface area contributed by atoms with Crippen LogP contribution in [0.4, 0.5) is 0 Å². The molecule has 0 bridgehead atoms. The van der Waals surface area contributed by atoms with Gasteiger partial charge in [-0.25, -0.2) is 0 Å². The molecule has 0 unspecified atom stereocenters. The van der Waals surface area contributed by atoms with Crippen LogP contribution in [0.25, 0.3) is 0 Å². The van der Waals surface area contributed by atoms with Crippen molar-refractivity contribution in [1.82, 2.24) is 0 Å². The molecule has 3 N–H and O–H groups in total. The average Bonchev–Trinajstić information content (AvgIpc) is 2.13. The van der Waals surface area contributed by atoms with Crippen molar-refractivity contribution in [1.29, 1.82) is 0 Å². The Morgan fingerprint density at radius 2 is 1.31 bits per heavy atom. The predicted octanol–water partition coefficient (Wildman–Crippen LogP) is 3.69. The third-order valence-corrected chi connectivity index (χ3v) is 5.44. The van der Waals surface area contributed by atoms with Crippen molar-refractivity contribution in [2.75, 3.05) is 0 Å². The van der Waals surface area contributed by atoms with Gasteiger partial charge in [-0.05, 0) is 63.7 Å². The molecule has 0 saturated heterocycles. The number of phenols is 1. The van der Waals surface area contributed by atoms with Gasteiger partial charge < -0.3 is 9.94 Å². The van der Waals surface area contributed by atoms with Crippen molar-refractivity contribution in [3.05, 3.63) is 17.9 Å². The molecule has 0 amide bonds. The molecule has 0 atom stereocenters. The first kappa shape index (κ1) is 11.8. The van der Waals surface area contributed by atoms with Crippen molar-refractivity contribution in [2.45, 2.75) is 0 Å². The molecule has 0 spiro atoms. The van der Waals surface area contributed by atoms with Crippen LogP contribution in [0, 0.1) is 0 Å². The number of nitrogens with two attached hydrogens (primary N) is 1. The molecule has 0 radical (unpaired) electrons. The SMILES string of the molecule is NOc1c(Br)c(Br)c(O)c(Br)c1Br. The largest absolute Gasteiger partial charge is 0.505 e. The summed E-state index contributed by atoms with van der Waals surface area (Å²) in [6, 6.07) is 0. The smallest absolute Gasteiger partial charge is 0.177 e. The Morgan fingerprint density at radius 1 is 0.923 bits per heavy atom. The van der Waals surface area contributed by atoms with Crippen LogP contribution < -0.4 is 10.7 Å². The van der Waals surface area contributed by atoms with E-state index in [0.29, 0.717) is 23.6 Å². The van der Waals surface area contributed by atoms with Gasteiger partial charge in [0.25, 0.3) is 0 Å². The van der Waals surface area contributed by atoms with Crippen LogP contribution in [0.2, 0.25) is 0 Å². The Labute approximate surface area is 108 Å². The summed E-state index contributed by atoms with van der Waals surface area (Å²) in [6.07, 6.45) is 0. The van der Waals surface area contributed by atoms with Gasteiger partial charge in [0.1, 0.15) is 5.75 Å². The highest BCUT2D eigenvalue weighted by Crippen LogP contribution is 2.49. The lowest BCUT2D eigenvalue weighted by molar-refractivity contribution is 0.328. The van der Waals surface area contributed by atoms with Gasteiger partial charge in [0.15, 0.2) is 5.75 Å². The van der Waals surface area contributed by atoms with Gasteiger partial charge in [-0.2, -0.15) is 5.90 Å². The molecule has 7 heteroatoms. The number of aromatic hydroxyl groups is 1. The van der Waals surface area contributed by atoms with E-state index in [1.807, 2.05) is 0 Å². The summed E-state index contributed by atoms with van der Waals surface area (Å²) < 4.78 is 2.04. The first-order valence-electron chi connectivity index (χ1n) is 2.92. The second-order valence-electron chi connectivity index (χ2n) is 2.05. The first-order chi connectivity index (χ1) is 6.00. The quantitative estimate of drug-likeness (QED) is 0.517. The van der Waals surface area contributed by atoms with Crippen molar-refractivity contribution in [3.8, 4) is 11.5 Å². The molecule has 0 aromatic heterocycles. The van der Waals surface area contributed by atoms with E-state index in [9.17, 15) is 5.11 Å². The number of hydrogen-bond acceptors (Lipinski definition) is 3. The fourth-order valence-corrected chi connectivity index (χ4v) is 2.95. The highest BCUT2D eigenvalue weighted by Gasteiger charge is 2.19. The van der Waals surface area contributed by atoms with E-state index in [1.165, 1.54) is 0 Å². The summed E-state index contributed by atoms with van der Waals surface area (Å²) in [7, 11) is 0. The summed E-state index contributed by atoms with van der Waals surface area (Å²) in [5.41, 5.74) is 0. The van der Waals surface area contributed by atoms with Gasteiger partial charge in [0.05, 0.1) is 17.9 Å². The minimum absolute atomic E-state index is 0.0690. The molecule has 1 aromatic rings. The monoisotopic (exact) mass is 437 g/mol. The maximum Gasteiger partial charge on any atom is 0.177 e. The van der Waals surface area contributed by atoms with Gasteiger partial charge in [-0.1, -0.05) is 0 Å². The van der Waals surface area contributed by atoms with Gasteiger partial charge in [0, 0.05) is 0 Å². The molecule has 0 heterocycles. The highest BCUT2D eigenvalue weighted by molar-refractivity contribution is 9.14. The molecular formula is C6H3Br4NO2. The van der Waals surface area contributed by atoms with Crippen LogP contribution in [0.3, 0.4) is 0 Å². The standard InChI is InChI=1S/C6H3Br4NO2/c7-1-3(9)6(13-11)4(10)2(8)5(1)12/h12H,11H2. The fourth-order valence-electron chi connectivity index (χ4n) is 0.703. The second kappa shape index (κ2) is 4.48. The van der Waals surface area contributed by atoms with Gasteiger partial charge in [-0.3, -0.25) is 0 Å². The lowest BCUT2D eigenvalue weighted by Crippen LogP contribution is -2.03. The van der Waals surface area contributed by atoms with E-state index in [0.717, 1.165) is 0 Å². The molecule has 1 rings (SSSR count). The third kappa shape index (κ3) is 2.04. The van der Waals surface area contributed by atoms with E-state index in [1.54, 1.807) is 0 Å². The Balaban J connectivity index is 3.56. The van der Waals surface area contributed by atoms with E-state index in [2.05, 4.69) is 68.6 Å². The van der Waals surface area contributed by atoms with E-state index < -0.39 is 0 Å². The molecular weight excluding hydrogens is 438 g/mol. The molecule has 0 saturated carbocycles. The lowest BCUT2D eigenvalue weighted by atomic mass is 10.3. The number of benzene rings is 1. The molecule has 1 aromatic carbocycles. The number of rotatable bonds is 1. The fraction of sp³-hybridized carbons (Fsp3) is 0. The zero-order valence-corrected chi connectivity index (χ0v) is 12.3. The summed E-state index contributed by atoms with van der Waals surface area (Å²) in [5, 5.41) is 9.54. The number of hydrogen-bond donors (Lipinski definition) is 2. The van der Waals surface area contributed by atoms with Crippen LogP contribution in [0.5, 0.6) is 11.5 Å². The molecule has 72 valence electrons. The van der Waals surface area contributed by atoms with E-state index >= 15 is 0 Å². The number of phenolic OH excluding ortho intramolecular Hbond substituents is 1. The maximum absolute atomic E-state index is 9.54. The van der Waals surface area contributed by atoms with Crippen LogP contribution in [0.1, 0.15) is 0 Å². The zero-order chi connectivity index (χ0) is 10.2. The molecule has 0 aliphatic heterocycles. The van der Waals surface area contributed by atoms with Gasteiger partial charge in [-0.15, -0.1) is 0 Å². The second-order valence-corrected chi connectivity index (χ2v) is 5.22. The summed E-state index contributed by atoms with van der Waals surface area (Å²) >= 11 is 12.8. The van der Waals surface area contributed by atoms with Crippen LogP contribution in [-0.2, 0) is 0 Å². The molecule has 0 aliphatic carbocycles. The molecule has 0 aliphatic rings. The molecule has 3 nitrogen and oxygen atoms in total. The van der Waals surface area contributed by atoms with E-state index in [-0.39, 0.29) is 5.75 Å².